The van der Waals surface area contributed by atoms with Gasteiger partial charge in [-0.2, -0.15) is 5.10 Å². The first-order valence-corrected chi connectivity index (χ1v) is 10.5. The molecule has 1 amide bonds. The van der Waals surface area contributed by atoms with Crippen LogP contribution in [0.15, 0.2) is 41.5 Å². The summed E-state index contributed by atoms with van der Waals surface area (Å²) in [6.07, 6.45) is 0.971. The van der Waals surface area contributed by atoms with Gasteiger partial charge in [-0.25, -0.2) is 9.82 Å². The number of carbonyl (C=O) groups excluding carboxylic acids is 1. The number of hydrogen-bond acceptors (Lipinski definition) is 5. The van der Waals surface area contributed by atoms with E-state index < -0.39 is 6.04 Å². The standard InChI is InChI=1S/C23H25FN4O2/c1-13-11-25-8-7-15(13)17-9-20-21(10-18(17)16-5-3-4-6-19(16)24)30-12-22-26-27-23(29)14(2)28(20)22/h3-6,9-10,13-15,25H,7-8,11-12H2,1-2H3,(H,27,29)/t13-,14?,15+/m1/s1. The zero-order valence-corrected chi connectivity index (χ0v) is 17.1. The molecule has 3 atom stereocenters. The molecule has 0 saturated carbocycles. The summed E-state index contributed by atoms with van der Waals surface area (Å²) in [4.78, 5) is 14.2. The molecule has 1 unspecified atom stereocenters. The third kappa shape index (κ3) is 3.04. The Bertz CT molecular complexity index is 1040. The predicted molar refractivity (Wildman–Crippen MR) is 114 cm³/mol. The van der Waals surface area contributed by atoms with E-state index in [0.29, 0.717) is 23.1 Å². The van der Waals surface area contributed by atoms with Gasteiger partial charge in [0.2, 0.25) is 0 Å². The Morgan fingerprint density at radius 1 is 1.20 bits per heavy atom. The Hall–Kier alpha value is -2.93. The van der Waals surface area contributed by atoms with E-state index in [0.717, 1.165) is 36.3 Å². The third-order valence-corrected chi connectivity index (χ3v) is 6.44. The van der Waals surface area contributed by atoms with Crippen LogP contribution in [0, 0.1) is 11.7 Å². The third-order valence-electron chi connectivity index (χ3n) is 6.44. The quantitative estimate of drug-likeness (QED) is 0.801. The highest BCUT2D eigenvalue weighted by atomic mass is 19.1. The molecule has 5 rings (SSSR count). The Kier molecular flexibility index (Phi) is 4.70. The van der Waals surface area contributed by atoms with Crippen molar-refractivity contribution in [1.82, 2.24) is 10.7 Å². The Balaban J connectivity index is 1.71. The molecular weight excluding hydrogens is 383 g/mol. The minimum Gasteiger partial charge on any atom is -0.483 e. The number of hydrazone groups is 1. The number of nitrogens with one attached hydrogen (secondary N) is 2. The van der Waals surface area contributed by atoms with Crippen molar-refractivity contribution < 1.29 is 13.9 Å². The Morgan fingerprint density at radius 3 is 2.83 bits per heavy atom. The van der Waals surface area contributed by atoms with Gasteiger partial charge in [-0.1, -0.05) is 25.1 Å². The van der Waals surface area contributed by atoms with Gasteiger partial charge >= 0.3 is 0 Å². The molecule has 2 aromatic rings. The second-order valence-corrected chi connectivity index (χ2v) is 8.30. The van der Waals surface area contributed by atoms with Gasteiger partial charge in [0, 0.05) is 5.56 Å². The number of halogens is 1. The molecule has 2 N–H and O–H groups in total. The minimum absolute atomic E-state index is 0.151. The molecule has 3 aliphatic rings. The van der Waals surface area contributed by atoms with Crippen molar-refractivity contribution in [2.75, 3.05) is 24.6 Å². The summed E-state index contributed by atoms with van der Waals surface area (Å²) in [6, 6.07) is 10.5. The van der Waals surface area contributed by atoms with Crippen LogP contribution in [0.3, 0.4) is 0 Å². The van der Waals surface area contributed by atoms with Gasteiger partial charge in [0.1, 0.15) is 24.2 Å². The van der Waals surface area contributed by atoms with Crippen LogP contribution in [0.25, 0.3) is 11.1 Å². The monoisotopic (exact) mass is 408 g/mol. The van der Waals surface area contributed by atoms with Crippen molar-refractivity contribution >= 4 is 17.4 Å². The fourth-order valence-electron chi connectivity index (χ4n) is 4.78. The molecule has 1 fully saturated rings. The van der Waals surface area contributed by atoms with Crippen LogP contribution in [-0.4, -0.2) is 37.5 Å². The summed E-state index contributed by atoms with van der Waals surface area (Å²) >= 11 is 0. The van der Waals surface area contributed by atoms with Crippen molar-refractivity contribution in [3.8, 4) is 16.9 Å². The van der Waals surface area contributed by atoms with Gasteiger partial charge in [0.25, 0.3) is 5.91 Å². The van der Waals surface area contributed by atoms with E-state index in [1.807, 2.05) is 30.0 Å². The van der Waals surface area contributed by atoms with Crippen LogP contribution in [0.5, 0.6) is 5.75 Å². The van der Waals surface area contributed by atoms with E-state index in [4.69, 9.17) is 4.74 Å². The normalized spacial score (nSPS) is 25.6. The number of amides is 1. The van der Waals surface area contributed by atoms with E-state index in [1.165, 1.54) is 6.07 Å². The molecule has 0 bridgehead atoms. The maximum absolute atomic E-state index is 14.8. The lowest BCUT2D eigenvalue weighted by molar-refractivity contribution is -0.122. The Morgan fingerprint density at radius 2 is 2.03 bits per heavy atom. The number of anilines is 1. The van der Waals surface area contributed by atoms with E-state index in [2.05, 4.69) is 28.8 Å². The summed E-state index contributed by atoms with van der Waals surface area (Å²) in [5.41, 5.74) is 5.92. The number of hydrogen-bond donors (Lipinski definition) is 2. The molecule has 7 heteroatoms. The van der Waals surface area contributed by atoms with Gasteiger partial charge < -0.3 is 15.0 Å². The number of fused-ring (bicyclic) bond motifs is 3. The molecule has 3 aliphatic heterocycles. The van der Waals surface area contributed by atoms with Crippen LogP contribution in [0.2, 0.25) is 0 Å². The topological polar surface area (TPSA) is 66.0 Å². The van der Waals surface area contributed by atoms with E-state index >= 15 is 0 Å². The Labute approximate surface area is 175 Å². The van der Waals surface area contributed by atoms with Gasteiger partial charge in [0.15, 0.2) is 5.84 Å². The SMILES string of the molecule is CC1C(=O)NN=C2COc3cc(-c4ccccc4F)c([C@H]4CCNC[C@H]4C)cc3N21. The van der Waals surface area contributed by atoms with Crippen molar-refractivity contribution in [3.63, 3.8) is 0 Å². The number of piperidine rings is 1. The van der Waals surface area contributed by atoms with E-state index in [1.54, 1.807) is 6.07 Å². The predicted octanol–water partition coefficient (Wildman–Crippen LogP) is 3.24. The summed E-state index contributed by atoms with van der Waals surface area (Å²) < 4.78 is 20.8. The van der Waals surface area contributed by atoms with E-state index in [-0.39, 0.29) is 24.2 Å². The molecule has 3 heterocycles. The molecule has 1 saturated heterocycles. The molecule has 0 aromatic heterocycles. The zero-order chi connectivity index (χ0) is 20.8. The van der Waals surface area contributed by atoms with Crippen molar-refractivity contribution in [2.24, 2.45) is 11.0 Å². The lowest BCUT2D eigenvalue weighted by Gasteiger charge is -2.39. The minimum atomic E-state index is -0.391. The van der Waals surface area contributed by atoms with Gasteiger partial charge in [-0.3, -0.25) is 4.79 Å². The smallest absolute Gasteiger partial charge is 0.262 e. The lowest BCUT2D eigenvalue weighted by Crippen LogP contribution is -2.55. The van der Waals surface area contributed by atoms with Gasteiger partial charge in [0.05, 0.1) is 5.69 Å². The molecule has 0 spiro atoms. The molecule has 0 aliphatic carbocycles. The van der Waals surface area contributed by atoms with Gasteiger partial charge in [-0.15, -0.1) is 0 Å². The average molecular weight is 408 g/mol. The number of amidine groups is 1. The zero-order valence-electron chi connectivity index (χ0n) is 17.1. The summed E-state index contributed by atoms with van der Waals surface area (Å²) in [5.74, 6) is 1.62. The average Bonchev–Trinajstić information content (AvgIpc) is 2.76. The van der Waals surface area contributed by atoms with Crippen LogP contribution < -0.4 is 20.4 Å². The fraction of sp³-hybridized carbons (Fsp3) is 0.391. The van der Waals surface area contributed by atoms with Crippen molar-refractivity contribution in [2.45, 2.75) is 32.2 Å². The lowest BCUT2D eigenvalue weighted by atomic mass is 9.78. The van der Waals surface area contributed by atoms with Crippen molar-refractivity contribution in [1.29, 1.82) is 0 Å². The van der Waals surface area contributed by atoms with Crippen LogP contribution in [-0.2, 0) is 4.79 Å². The fourth-order valence-corrected chi connectivity index (χ4v) is 4.78. The molecule has 156 valence electrons. The van der Waals surface area contributed by atoms with Crippen LogP contribution in [0.4, 0.5) is 10.1 Å². The largest absolute Gasteiger partial charge is 0.483 e. The second-order valence-electron chi connectivity index (χ2n) is 8.30. The molecule has 0 radical (unpaired) electrons. The molecule has 30 heavy (non-hydrogen) atoms. The first-order chi connectivity index (χ1) is 14.5. The maximum Gasteiger partial charge on any atom is 0.262 e. The molecule has 2 aromatic carbocycles. The second kappa shape index (κ2) is 7.40. The van der Waals surface area contributed by atoms with Crippen LogP contribution in [0.1, 0.15) is 31.7 Å². The number of benzene rings is 2. The first kappa shape index (κ1) is 19.1. The highest BCUT2D eigenvalue weighted by Crippen LogP contribution is 2.45. The molecule has 6 nitrogen and oxygen atoms in total. The highest BCUT2D eigenvalue weighted by molar-refractivity contribution is 6.09. The van der Waals surface area contributed by atoms with Gasteiger partial charge in [-0.05, 0) is 67.6 Å². The van der Waals surface area contributed by atoms with Crippen molar-refractivity contribution in [3.05, 3.63) is 47.8 Å². The first-order valence-electron chi connectivity index (χ1n) is 10.5. The maximum atomic E-state index is 14.8. The van der Waals surface area contributed by atoms with E-state index in [9.17, 15) is 9.18 Å². The van der Waals surface area contributed by atoms with Crippen LogP contribution >= 0.6 is 0 Å². The highest BCUT2D eigenvalue weighted by Gasteiger charge is 2.37. The number of nitrogens with zero attached hydrogens (tertiary/aromatic N) is 2. The summed E-state index contributed by atoms with van der Waals surface area (Å²) in [5, 5.41) is 7.63. The number of rotatable bonds is 2. The summed E-state index contributed by atoms with van der Waals surface area (Å²) in [7, 11) is 0. The number of ether oxygens (including phenoxy) is 1. The molecular formula is C23H25FN4O2. The summed E-state index contributed by atoms with van der Waals surface area (Å²) in [6.45, 7) is 6.19. The number of carbonyl (C=O) groups is 1.